The Hall–Kier alpha value is -3.41. The zero-order valence-corrected chi connectivity index (χ0v) is 18.1. The van der Waals surface area contributed by atoms with E-state index >= 15 is 0 Å². The van der Waals surface area contributed by atoms with Crippen LogP contribution in [0.15, 0.2) is 66.0 Å². The van der Waals surface area contributed by atoms with Crippen LogP contribution < -0.4 is 4.90 Å². The second-order valence-electron chi connectivity index (χ2n) is 7.27. The highest BCUT2D eigenvalue weighted by Gasteiger charge is 2.36. The van der Waals surface area contributed by atoms with Crippen LogP contribution in [0.25, 0.3) is 0 Å². The van der Waals surface area contributed by atoms with Gasteiger partial charge in [0.05, 0.1) is 30.3 Å². The van der Waals surface area contributed by atoms with Gasteiger partial charge in [0.15, 0.2) is 0 Å². The number of benzene rings is 2. The Kier molecular flexibility index (Phi) is 6.90. The molecule has 31 heavy (non-hydrogen) atoms. The highest BCUT2D eigenvalue weighted by Crippen LogP contribution is 2.38. The fraction of sp³-hybridized carbons (Fsp3) is 0.280. The lowest BCUT2D eigenvalue weighted by molar-refractivity contribution is -0.139. The van der Waals surface area contributed by atoms with Gasteiger partial charge in [-0.25, -0.2) is 14.0 Å². The Labute approximate surface area is 181 Å². The van der Waals surface area contributed by atoms with E-state index in [0.29, 0.717) is 5.56 Å². The SMILES string of the molecule is CCOC(=O)C1=CN(c2ccc(C)c(C)c2)C=C(C(=O)OCC)C1c1ccc(F)cc1. The van der Waals surface area contributed by atoms with Crippen LogP contribution >= 0.6 is 0 Å². The first-order valence-electron chi connectivity index (χ1n) is 10.2. The van der Waals surface area contributed by atoms with Crippen LogP contribution in [0.4, 0.5) is 10.1 Å². The fourth-order valence-electron chi connectivity index (χ4n) is 3.47. The number of rotatable bonds is 6. The minimum atomic E-state index is -0.735. The number of esters is 2. The van der Waals surface area contributed by atoms with Crippen LogP contribution in [0.2, 0.25) is 0 Å². The number of anilines is 1. The van der Waals surface area contributed by atoms with E-state index in [4.69, 9.17) is 9.47 Å². The zero-order valence-electron chi connectivity index (χ0n) is 18.1. The average Bonchev–Trinajstić information content (AvgIpc) is 2.76. The number of hydrogen-bond donors (Lipinski definition) is 0. The third-order valence-electron chi connectivity index (χ3n) is 5.19. The summed E-state index contributed by atoms with van der Waals surface area (Å²) in [5, 5.41) is 0. The molecule has 162 valence electrons. The van der Waals surface area contributed by atoms with Gasteiger partial charge in [-0.3, -0.25) is 0 Å². The summed E-state index contributed by atoms with van der Waals surface area (Å²) in [5.74, 6) is -2.22. The molecule has 2 aromatic carbocycles. The van der Waals surface area contributed by atoms with Gasteiger partial charge >= 0.3 is 11.9 Å². The summed E-state index contributed by atoms with van der Waals surface area (Å²) in [5.41, 5.74) is 4.16. The average molecular weight is 423 g/mol. The molecule has 0 spiro atoms. The van der Waals surface area contributed by atoms with Crippen molar-refractivity contribution < 1.29 is 23.5 Å². The lowest BCUT2D eigenvalue weighted by Gasteiger charge is -2.30. The van der Waals surface area contributed by atoms with Gasteiger partial charge in [-0.05, 0) is 68.7 Å². The van der Waals surface area contributed by atoms with E-state index in [-0.39, 0.29) is 24.4 Å². The number of nitrogens with zero attached hydrogens (tertiary/aromatic N) is 1. The molecule has 0 fully saturated rings. The standard InChI is InChI=1S/C25H26FNO4/c1-5-30-24(28)21-14-27(20-12-7-16(3)17(4)13-20)15-22(25(29)31-6-2)23(21)18-8-10-19(26)11-9-18/h7-15,23H,5-6H2,1-4H3. The summed E-state index contributed by atoms with van der Waals surface area (Å²) in [6, 6.07) is 11.6. The maximum atomic E-state index is 13.5. The van der Waals surface area contributed by atoms with E-state index in [1.807, 2.05) is 32.0 Å². The molecule has 0 bridgehead atoms. The predicted octanol–water partition coefficient (Wildman–Crippen LogP) is 4.94. The molecule has 0 saturated carbocycles. The molecule has 0 aromatic heterocycles. The zero-order chi connectivity index (χ0) is 22.5. The molecular weight excluding hydrogens is 397 g/mol. The first kappa shape index (κ1) is 22.3. The minimum Gasteiger partial charge on any atom is -0.463 e. The van der Waals surface area contributed by atoms with Crippen molar-refractivity contribution in [2.24, 2.45) is 0 Å². The van der Waals surface area contributed by atoms with Gasteiger partial charge in [-0.2, -0.15) is 0 Å². The first-order chi connectivity index (χ1) is 14.8. The Morgan fingerprint density at radius 2 is 1.42 bits per heavy atom. The molecule has 0 saturated heterocycles. The van der Waals surface area contributed by atoms with Crippen molar-refractivity contribution in [1.29, 1.82) is 0 Å². The van der Waals surface area contributed by atoms with Gasteiger partial charge < -0.3 is 14.4 Å². The molecule has 0 unspecified atom stereocenters. The second kappa shape index (κ2) is 9.60. The van der Waals surface area contributed by atoms with Gasteiger partial charge in [0, 0.05) is 18.1 Å². The summed E-state index contributed by atoms with van der Waals surface area (Å²) < 4.78 is 24.1. The van der Waals surface area contributed by atoms with Crippen molar-refractivity contribution >= 4 is 17.6 Å². The summed E-state index contributed by atoms with van der Waals surface area (Å²) in [4.78, 5) is 27.5. The van der Waals surface area contributed by atoms with Crippen molar-refractivity contribution in [3.63, 3.8) is 0 Å². The van der Waals surface area contributed by atoms with Gasteiger partial charge in [0.25, 0.3) is 0 Å². The van der Waals surface area contributed by atoms with Crippen molar-refractivity contribution in [2.45, 2.75) is 33.6 Å². The number of halogens is 1. The molecule has 1 heterocycles. The Morgan fingerprint density at radius 1 is 0.871 bits per heavy atom. The summed E-state index contributed by atoms with van der Waals surface area (Å²) in [7, 11) is 0. The van der Waals surface area contributed by atoms with Crippen molar-refractivity contribution in [1.82, 2.24) is 0 Å². The normalized spacial score (nSPS) is 14.0. The summed E-state index contributed by atoms with van der Waals surface area (Å²) >= 11 is 0. The first-order valence-corrected chi connectivity index (χ1v) is 10.2. The van der Waals surface area contributed by atoms with Crippen LogP contribution in [-0.2, 0) is 19.1 Å². The third kappa shape index (κ3) is 4.85. The maximum absolute atomic E-state index is 13.5. The van der Waals surface area contributed by atoms with Crippen molar-refractivity contribution in [3.05, 3.63) is 88.5 Å². The molecule has 2 aromatic rings. The summed E-state index contributed by atoms with van der Waals surface area (Å²) in [6.45, 7) is 7.83. The van der Waals surface area contributed by atoms with Crippen molar-refractivity contribution in [2.75, 3.05) is 18.1 Å². The Bertz CT molecular complexity index is 1000. The third-order valence-corrected chi connectivity index (χ3v) is 5.19. The van der Waals surface area contributed by atoms with Gasteiger partial charge in [-0.1, -0.05) is 18.2 Å². The van der Waals surface area contributed by atoms with Crippen LogP contribution in [0.5, 0.6) is 0 Å². The minimum absolute atomic E-state index is 0.189. The summed E-state index contributed by atoms with van der Waals surface area (Å²) in [6.07, 6.45) is 3.33. The number of ether oxygens (including phenoxy) is 2. The highest BCUT2D eigenvalue weighted by atomic mass is 19.1. The number of hydrogen-bond acceptors (Lipinski definition) is 5. The fourth-order valence-corrected chi connectivity index (χ4v) is 3.47. The van der Waals surface area contributed by atoms with Crippen LogP contribution in [-0.4, -0.2) is 25.2 Å². The number of carbonyl (C=O) groups excluding carboxylic acids is 2. The van der Waals surface area contributed by atoms with Gasteiger partial charge in [-0.15, -0.1) is 0 Å². The smallest absolute Gasteiger partial charge is 0.336 e. The molecule has 1 aliphatic rings. The van der Waals surface area contributed by atoms with E-state index in [9.17, 15) is 14.0 Å². The van der Waals surface area contributed by atoms with Crippen molar-refractivity contribution in [3.8, 4) is 0 Å². The van der Waals surface area contributed by atoms with Gasteiger partial charge in [0.2, 0.25) is 0 Å². The molecule has 1 aliphatic heterocycles. The molecule has 3 rings (SSSR count). The Morgan fingerprint density at radius 3 is 1.90 bits per heavy atom. The van der Waals surface area contributed by atoms with Crippen LogP contribution in [0, 0.1) is 19.7 Å². The number of carbonyl (C=O) groups is 2. The lowest BCUT2D eigenvalue weighted by atomic mass is 9.83. The molecule has 0 radical (unpaired) electrons. The van der Waals surface area contributed by atoms with Crippen LogP contribution in [0.3, 0.4) is 0 Å². The number of aryl methyl sites for hydroxylation is 2. The predicted molar refractivity (Wildman–Crippen MR) is 117 cm³/mol. The molecular formula is C25H26FNO4. The molecule has 6 heteroatoms. The van der Waals surface area contributed by atoms with Crippen LogP contribution in [0.1, 0.15) is 36.5 Å². The Balaban J connectivity index is 2.17. The van der Waals surface area contributed by atoms with Gasteiger partial charge in [0.1, 0.15) is 5.82 Å². The maximum Gasteiger partial charge on any atom is 0.336 e. The van der Waals surface area contributed by atoms with E-state index in [0.717, 1.165) is 16.8 Å². The van der Waals surface area contributed by atoms with E-state index in [1.165, 1.54) is 12.1 Å². The topological polar surface area (TPSA) is 55.8 Å². The van der Waals surface area contributed by atoms with E-state index < -0.39 is 23.7 Å². The molecule has 0 N–H and O–H groups in total. The van der Waals surface area contributed by atoms with E-state index in [2.05, 4.69) is 0 Å². The highest BCUT2D eigenvalue weighted by molar-refractivity contribution is 6.00. The second-order valence-corrected chi connectivity index (χ2v) is 7.27. The molecule has 0 aliphatic carbocycles. The molecule has 0 amide bonds. The monoisotopic (exact) mass is 423 g/mol. The largest absolute Gasteiger partial charge is 0.463 e. The van der Waals surface area contributed by atoms with E-state index in [1.54, 1.807) is 43.3 Å². The quantitative estimate of drug-likeness (QED) is 0.616. The molecule has 5 nitrogen and oxygen atoms in total. The molecule has 0 atom stereocenters. The lowest BCUT2D eigenvalue weighted by Crippen LogP contribution is -2.29.